The Bertz CT molecular complexity index is 974. The Labute approximate surface area is 197 Å². The van der Waals surface area contributed by atoms with E-state index in [2.05, 4.69) is 10.3 Å². The van der Waals surface area contributed by atoms with Gasteiger partial charge < -0.3 is 10.4 Å². The van der Waals surface area contributed by atoms with Crippen LogP contribution >= 0.6 is 11.8 Å². The predicted octanol–water partition coefficient (Wildman–Crippen LogP) is 5.45. The normalized spacial score (nSPS) is 21.5. The van der Waals surface area contributed by atoms with Crippen molar-refractivity contribution in [2.24, 2.45) is 10.9 Å². The third-order valence-corrected chi connectivity index (χ3v) is 6.27. The lowest BCUT2D eigenvalue weighted by Crippen LogP contribution is -2.33. The molecule has 2 N–H and O–H groups in total. The van der Waals surface area contributed by atoms with Crippen LogP contribution in [0.15, 0.2) is 34.2 Å². The van der Waals surface area contributed by atoms with Crippen molar-refractivity contribution in [2.75, 3.05) is 19.6 Å². The minimum Gasteiger partial charge on any atom is -0.389 e. The van der Waals surface area contributed by atoms with Gasteiger partial charge in [0.05, 0.1) is 28.2 Å². The number of hydrogen-bond acceptors (Lipinski definition) is 5. The van der Waals surface area contributed by atoms with Gasteiger partial charge in [0.1, 0.15) is 5.84 Å². The Morgan fingerprint density at radius 2 is 1.79 bits per heavy atom. The number of piperidine rings is 1. The lowest BCUT2D eigenvalue weighted by Gasteiger charge is -2.31. The maximum absolute atomic E-state index is 13.4. The van der Waals surface area contributed by atoms with E-state index in [-0.39, 0.29) is 35.9 Å². The van der Waals surface area contributed by atoms with Gasteiger partial charge in [-0.3, -0.25) is 14.7 Å². The molecule has 0 aromatic heterocycles. The SMILES string of the molecule is CC(C)(O)CN=C1NC(=O)SC1=CC1CCN(Cc2ccc(C(F)(F)F)cc2C(F)(F)F)CC1. The van der Waals surface area contributed by atoms with Crippen molar-refractivity contribution in [3.63, 3.8) is 0 Å². The molecule has 0 bridgehead atoms. The number of nitrogens with one attached hydrogen (secondary N) is 1. The Hall–Kier alpha value is -2.05. The molecule has 2 fully saturated rings. The molecular formula is C22H25F6N3O2S. The van der Waals surface area contributed by atoms with E-state index in [0.717, 1.165) is 17.8 Å². The van der Waals surface area contributed by atoms with Crippen LogP contribution < -0.4 is 5.32 Å². The zero-order valence-electron chi connectivity index (χ0n) is 18.6. The molecule has 2 aliphatic rings. The summed E-state index contributed by atoms with van der Waals surface area (Å²) in [6.45, 7) is 4.10. The molecule has 2 aliphatic heterocycles. The second-order valence-corrected chi connectivity index (χ2v) is 10.0. The van der Waals surface area contributed by atoms with Crippen LogP contribution in [0.3, 0.4) is 0 Å². The van der Waals surface area contributed by atoms with Gasteiger partial charge in [-0.2, -0.15) is 26.3 Å². The summed E-state index contributed by atoms with van der Waals surface area (Å²) in [7, 11) is 0. The first-order chi connectivity index (χ1) is 15.6. The smallest absolute Gasteiger partial charge is 0.389 e. The molecule has 34 heavy (non-hydrogen) atoms. The second kappa shape index (κ2) is 9.90. The molecule has 0 radical (unpaired) electrons. The molecule has 0 unspecified atom stereocenters. The van der Waals surface area contributed by atoms with E-state index in [9.17, 15) is 36.2 Å². The Kier molecular flexibility index (Phi) is 7.73. The summed E-state index contributed by atoms with van der Waals surface area (Å²) < 4.78 is 78.9. The van der Waals surface area contributed by atoms with Crippen LogP contribution in [-0.2, 0) is 18.9 Å². The van der Waals surface area contributed by atoms with Crippen molar-refractivity contribution in [1.82, 2.24) is 10.2 Å². The maximum atomic E-state index is 13.4. The van der Waals surface area contributed by atoms with Crippen LogP contribution in [0.2, 0.25) is 0 Å². The molecule has 5 nitrogen and oxygen atoms in total. The topological polar surface area (TPSA) is 64.9 Å². The summed E-state index contributed by atoms with van der Waals surface area (Å²) in [6, 6.07) is 1.75. The summed E-state index contributed by atoms with van der Waals surface area (Å²) in [5, 5.41) is 12.2. The van der Waals surface area contributed by atoms with E-state index in [1.807, 2.05) is 6.08 Å². The fraction of sp³-hybridized carbons (Fsp3) is 0.545. The molecule has 0 atom stereocenters. The van der Waals surface area contributed by atoms with Crippen molar-refractivity contribution >= 4 is 22.8 Å². The number of amides is 1. The molecular weight excluding hydrogens is 484 g/mol. The molecule has 0 spiro atoms. The Morgan fingerprint density at radius 3 is 2.35 bits per heavy atom. The number of aliphatic hydroxyl groups is 1. The number of hydrogen-bond donors (Lipinski definition) is 2. The largest absolute Gasteiger partial charge is 0.416 e. The number of carbonyl (C=O) groups is 1. The van der Waals surface area contributed by atoms with Crippen LogP contribution in [-0.4, -0.2) is 46.3 Å². The van der Waals surface area contributed by atoms with Gasteiger partial charge in [-0.25, -0.2) is 0 Å². The maximum Gasteiger partial charge on any atom is 0.416 e. The molecule has 1 amide bonds. The molecule has 0 saturated carbocycles. The van der Waals surface area contributed by atoms with Gasteiger partial charge in [0, 0.05) is 6.54 Å². The minimum absolute atomic E-state index is 0.0634. The summed E-state index contributed by atoms with van der Waals surface area (Å²) in [4.78, 5) is 18.5. The number of amidine groups is 1. The number of allylic oxidation sites excluding steroid dienone is 1. The predicted molar refractivity (Wildman–Crippen MR) is 117 cm³/mol. The fourth-order valence-corrected chi connectivity index (χ4v) is 4.54. The van der Waals surface area contributed by atoms with Crippen LogP contribution in [0.5, 0.6) is 0 Å². The number of nitrogens with zero attached hydrogens (tertiary/aromatic N) is 2. The third kappa shape index (κ3) is 7.22. The first-order valence-electron chi connectivity index (χ1n) is 10.6. The highest BCUT2D eigenvalue weighted by Crippen LogP contribution is 2.38. The first kappa shape index (κ1) is 26.6. The molecule has 188 valence electrons. The molecule has 2 saturated heterocycles. The standard InChI is InChI=1S/C22H25F6N3O2S/c1-20(2,33)12-29-18-17(34-19(32)30-18)9-13-5-7-31(8-6-13)11-14-3-4-15(21(23,24)25)10-16(14)22(26,27)28/h3-4,9-10,13,33H,5-8,11-12H2,1-2H3,(H,29,30,32). The van der Waals surface area contributed by atoms with E-state index >= 15 is 0 Å². The van der Waals surface area contributed by atoms with Gasteiger partial charge >= 0.3 is 12.4 Å². The Morgan fingerprint density at radius 1 is 1.15 bits per heavy atom. The van der Waals surface area contributed by atoms with Crippen LogP contribution in [0, 0.1) is 5.92 Å². The highest BCUT2D eigenvalue weighted by atomic mass is 32.2. The number of rotatable bonds is 5. The summed E-state index contributed by atoms with van der Waals surface area (Å²) in [5.41, 5.74) is -3.83. The minimum atomic E-state index is -4.89. The number of aliphatic imine (C=N–C) groups is 1. The molecule has 0 aliphatic carbocycles. The van der Waals surface area contributed by atoms with Crippen LogP contribution in [0.4, 0.5) is 31.1 Å². The molecule has 1 aromatic carbocycles. The van der Waals surface area contributed by atoms with Crippen LogP contribution in [0.25, 0.3) is 0 Å². The van der Waals surface area contributed by atoms with Gasteiger partial charge in [0.25, 0.3) is 5.24 Å². The van der Waals surface area contributed by atoms with Crippen molar-refractivity contribution in [3.8, 4) is 0 Å². The summed E-state index contributed by atoms with van der Waals surface area (Å²) >= 11 is 0.997. The highest BCUT2D eigenvalue weighted by Gasteiger charge is 2.38. The third-order valence-electron chi connectivity index (χ3n) is 5.44. The zero-order valence-corrected chi connectivity index (χ0v) is 19.4. The van der Waals surface area contributed by atoms with Gasteiger partial charge in [0.2, 0.25) is 0 Å². The zero-order chi connectivity index (χ0) is 25.3. The van der Waals surface area contributed by atoms with Gasteiger partial charge in [-0.05, 0) is 75.2 Å². The molecule has 12 heteroatoms. The van der Waals surface area contributed by atoms with Crippen molar-refractivity contribution in [3.05, 3.63) is 45.9 Å². The van der Waals surface area contributed by atoms with E-state index in [4.69, 9.17) is 0 Å². The summed E-state index contributed by atoms with van der Waals surface area (Å²) in [5.74, 6) is 0.451. The highest BCUT2D eigenvalue weighted by molar-refractivity contribution is 8.18. The van der Waals surface area contributed by atoms with Gasteiger partial charge in [0.15, 0.2) is 0 Å². The van der Waals surface area contributed by atoms with Crippen molar-refractivity contribution in [1.29, 1.82) is 0 Å². The van der Waals surface area contributed by atoms with Crippen LogP contribution in [0.1, 0.15) is 43.4 Å². The van der Waals surface area contributed by atoms with E-state index in [1.165, 1.54) is 0 Å². The molecule has 2 heterocycles. The van der Waals surface area contributed by atoms with Crippen molar-refractivity contribution in [2.45, 2.75) is 51.2 Å². The van der Waals surface area contributed by atoms with E-state index < -0.39 is 29.1 Å². The fourth-order valence-electron chi connectivity index (χ4n) is 3.72. The lowest BCUT2D eigenvalue weighted by molar-refractivity contribution is -0.143. The van der Waals surface area contributed by atoms with E-state index in [0.29, 0.717) is 42.7 Å². The Balaban J connectivity index is 1.67. The number of benzene rings is 1. The van der Waals surface area contributed by atoms with E-state index in [1.54, 1.807) is 18.7 Å². The lowest BCUT2D eigenvalue weighted by atomic mass is 9.95. The monoisotopic (exact) mass is 509 g/mol. The number of thioether (sulfide) groups is 1. The van der Waals surface area contributed by atoms with Gasteiger partial charge in [-0.15, -0.1) is 0 Å². The number of alkyl halides is 6. The average molecular weight is 510 g/mol. The first-order valence-corrected chi connectivity index (χ1v) is 11.4. The molecule has 3 rings (SSSR count). The summed E-state index contributed by atoms with van der Waals surface area (Å²) in [6.07, 6.45) is -6.62. The average Bonchev–Trinajstić information content (AvgIpc) is 3.05. The molecule has 1 aromatic rings. The number of carbonyl (C=O) groups excluding carboxylic acids is 1. The van der Waals surface area contributed by atoms with Gasteiger partial charge in [-0.1, -0.05) is 12.1 Å². The second-order valence-electron chi connectivity index (χ2n) is 9.00. The number of halogens is 6. The quantitative estimate of drug-likeness (QED) is 0.519. The number of likely N-dealkylation sites (tertiary alicyclic amines) is 1. The van der Waals surface area contributed by atoms with Crippen molar-refractivity contribution < 1.29 is 36.2 Å².